The Kier molecular flexibility index (Phi) is 4.94. The molecule has 23 heavy (non-hydrogen) atoms. The van der Waals surface area contributed by atoms with Gasteiger partial charge in [0.2, 0.25) is 0 Å². The van der Waals surface area contributed by atoms with Crippen molar-refractivity contribution in [3.05, 3.63) is 18.0 Å². The summed E-state index contributed by atoms with van der Waals surface area (Å²) in [6, 6.07) is 3.76. The normalized spacial score (nSPS) is 15.1. The highest BCUT2D eigenvalue weighted by Crippen LogP contribution is 2.21. The molecule has 6 nitrogen and oxygen atoms in total. The Balaban J connectivity index is 2.12. The summed E-state index contributed by atoms with van der Waals surface area (Å²) in [5.41, 5.74) is -0.151. The molecule has 0 aliphatic carbocycles. The van der Waals surface area contributed by atoms with Gasteiger partial charge in [-0.3, -0.25) is 0 Å². The van der Waals surface area contributed by atoms with Crippen molar-refractivity contribution in [2.75, 3.05) is 11.9 Å². The van der Waals surface area contributed by atoms with Crippen molar-refractivity contribution in [1.29, 1.82) is 0 Å². The third kappa shape index (κ3) is 4.64. The molecular formula is C17H29N5O. The SMILES string of the molecule is CC(C)CCC(C)(O)CNc1ccc2nnc(C(C)(C)C)n2n1. The molecule has 1 atom stereocenters. The molecule has 2 rings (SSSR count). The van der Waals surface area contributed by atoms with Crippen LogP contribution in [0.4, 0.5) is 5.82 Å². The van der Waals surface area contributed by atoms with Crippen LogP contribution in [0.15, 0.2) is 12.1 Å². The molecule has 0 bridgehead atoms. The summed E-state index contributed by atoms with van der Waals surface area (Å²) < 4.78 is 1.77. The summed E-state index contributed by atoms with van der Waals surface area (Å²) in [7, 11) is 0. The van der Waals surface area contributed by atoms with E-state index in [1.165, 1.54) is 0 Å². The zero-order valence-corrected chi connectivity index (χ0v) is 15.1. The van der Waals surface area contributed by atoms with Crippen LogP contribution < -0.4 is 5.32 Å². The Bertz CT molecular complexity index is 655. The minimum absolute atomic E-state index is 0.131. The minimum Gasteiger partial charge on any atom is -0.388 e. The fourth-order valence-electron chi connectivity index (χ4n) is 2.32. The van der Waals surface area contributed by atoms with Gasteiger partial charge in [-0.15, -0.1) is 15.3 Å². The first-order valence-corrected chi connectivity index (χ1v) is 8.28. The summed E-state index contributed by atoms with van der Waals surface area (Å²) >= 11 is 0. The van der Waals surface area contributed by atoms with Gasteiger partial charge in [0.25, 0.3) is 0 Å². The third-order valence-corrected chi connectivity index (χ3v) is 3.84. The van der Waals surface area contributed by atoms with E-state index in [9.17, 15) is 5.11 Å². The largest absolute Gasteiger partial charge is 0.388 e. The molecule has 0 spiro atoms. The first-order valence-electron chi connectivity index (χ1n) is 8.28. The molecule has 0 fully saturated rings. The molecule has 2 heterocycles. The number of hydrogen-bond acceptors (Lipinski definition) is 5. The summed E-state index contributed by atoms with van der Waals surface area (Å²) in [4.78, 5) is 0. The number of aromatic nitrogens is 4. The van der Waals surface area contributed by atoms with E-state index < -0.39 is 5.60 Å². The Morgan fingerprint density at radius 3 is 2.48 bits per heavy atom. The van der Waals surface area contributed by atoms with Crippen molar-refractivity contribution in [1.82, 2.24) is 19.8 Å². The van der Waals surface area contributed by atoms with E-state index in [0.29, 0.717) is 18.3 Å². The van der Waals surface area contributed by atoms with Crippen LogP contribution >= 0.6 is 0 Å². The van der Waals surface area contributed by atoms with E-state index in [4.69, 9.17) is 0 Å². The van der Waals surface area contributed by atoms with Crippen molar-refractivity contribution in [3.63, 3.8) is 0 Å². The number of hydrogen-bond donors (Lipinski definition) is 2. The van der Waals surface area contributed by atoms with Crippen LogP contribution in [0.3, 0.4) is 0 Å². The first-order chi connectivity index (χ1) is 10.6. The van der Waals surface area contributed by atoms with E-state index in [2.05, 4.69) is 55.2 Å². The van der Waals surface area contributed by atoms with Gasteiger partial charge < -0.3 is 10.4 Å². The van der Waals surface area contributed by atoms with E-state index >= 15 is 0 Å². The molecule has 0 aliphatic rings. The summed E-state index contributed by atoms with van der Waals surface area (Å²) in [6.07, 6.45) is 1.76. The van der Waals surface area contributed by atoms with Gasteiger partial charge in [0.05, 0.1) is 5.60 Å². The van der Waals surface area contributed by atoms with Crippen molar-refractivity contribution in [2.24, 2.45) is 5.92 Å². The lowest BCUT2D eigenvalue weighted by Gasteiger charge is -2.25. The van der Waals surface area contributed by atoms with Gasteiger partial charge in [-0.05, 0) is 37.8 Å². The number of rotatable bonds is 6. The molecule has 2 aromatic heterocycles. The molecule has 0 saturated heterocycles. The predicted octanol–water partition coefficient (Wildman–Crippen LogP) is 3.02. The van der Waals surface area contributed by atoms with Crippen molar-refractivity contribution in [2.45, 2.75) is 65.4 Å². The fourth-order valence-corrected chi connectivity index (χ4v) is 2.32. The molecule has 1 unspecified atom stereocenters. The maximum absolute atomic E-state index is 10.5. The van der Waals surface area contributed by atoms with Crippen LogP contribution in [0.25, 0.3) is 5.65 Å². The first kappa shape index (κ1) is 17.7. The lowest BCUT2D eigenvalue weighted by atomic mass is 9.95. The average molecular weight is 319 g/mol. The molecule has 0 aliphatic heterocycles. The minimum atomic E-state index is -0.749. The van der Waals surface area contributed by atoms with Crippen molar-refractivity contribution in [3.8, 4) is 0 Å². The molecule has 6 heteroatoms. The Morgan fingerprint density at radius 1 is 1.17 bits per heavy atom. The van der Waals surface area contributed by atoms with E-state index in [-0.39, 0.29) is 5.41 Å². The van der Waals surface area contributed by atoms with Crippen molar-refractivity contribution >= 4 is 11.5 Å². The number of fused-ring (bicyclic) bond motifs is 1. The van der Waals surface area contributed by atoms with E-state index in [1.807, 2.05) is 19.1 Å². The monoisotopic (exact) mass is 319 g/mol. The number of nitrogens with one attached hydrogen (secondary N) is 1. The number of aliphatic hydroxyl groups is 1. The lowest BCUT2D eigenvalue weighted by Crippen LogP contribution is -2.34. The highest BCUT2D eigenvalue weighted by atomic mass is 16.3. The van der Waals surface area contributed by atoms with Crippen LogP contribution in [0.5, 0.6) is 0 Å². The van der Waals surface area contributed by atoms with Crippen molar-refractivity contribution < 1.29 is 5.11 Å². The Hall–Kier alpha value is -1.69. The fraction of sp³-hybridized carbons (Fsp3) is 0.706. The lowest BCUT2D eigenvalue weighted by molar-refractivity contribution is 0.0585. The molecule has 2 aromatic rings. The van der Waals surface area contributed by atoms with Crippen LogP contribution in [0, 0.1) is 5.92 Å². The number of anilines is 1. The highest BCUT2D eigenvalue weighted by molar-refractivity contribution is 5.44. The van der Waals surface area contributed by atoms with Crippen LogP contribution in [-0.2, 0) is 5.41 Å². The summed E-state index contributed by atoms with van der Waals surface area (Å²) in [6.45, 7) is 12.9. The summed E-state index contributed by atoms with van der Waals surface area (Å²) in [5.74, 6) is 2.12. The van der Waals surface area contributed by atoms with E-state index in [0.717, 1.165) is 24.3 Å². The highest BCUT2D eigenvalue weighted by Gasteiger charge is 2.23. The Labute approximate surface area is 138 Å². The Morgan fingerprint density at radius 2 is 1.87 bits per heavy atom. The molecule has 0 aromatic carbocycles. The van der Waals surface area contributed by atoms with Crippen LogP contribution in [0.2, 0.25) is 0 Å². The molecule has 2 N–H and O–H groups in total. The molecule has 0 saturated carbocycles. The zero-order valence-electron chi connectivity index (χ0n) is 15.1. The quantitative estimate of drug-likeness (QED) is 0.856. The molecule has 0 radical (unpaired) electrons. The second-order valence-electron chi connectivity index (χ2n) is 8.05. The molecule has 0 amide bonds. The van der Waals surface area contributed by atoms with Crippen LogP contribution in [0.1, 0.15) is 60.2 Å². The standard InChI is InChI=1S/C17H29N5O/c1-12(2)9-10-17(6,23)11-18-13-7-8-14-19-20-15(16(3,4)5)22(14)21-13/h7-8,12,23H,9-11H2,1-6H3,(H,18,21). The van der Waals surface area contributed by atoms with Crippen LogP contribution in [-0.4, -0.2) is 37.1 Å². The maximum atomic E-state index is 10.5. The zero-order chi connectivity index (χ0) is 17.3. The van der Waals surface area contributed by atoms with E-state index in [1.54, 1.807) is 4.52 Å². The smallest absolute Gasteiger partial charge is 0.178 e. The second-order valence-corrected chi connectivity index (χ2v) is 8.05. The maximum Gasteiger partial charge on any atom is 0.178 e. The van der Waals surface area contributed by atoms with Gasteiger partial charge >= 0.3 is 0 Å². The van der Waals surface area contributed by atoms with Gasteiger partial charge in [0.1, 0.15) is 5.82 Å². The van der Waals surface area contributed by atoms with Gasteiger partial charge in [0, 0.05) is 12.0 Å². The average Bonchev–Trinajstić information content (AvgIpc) is 2.86. The molecule has 128 valence electrons. The summed E-state index contributed by atoms with van der Waals surface area (Å²) in [5, 5.41) is 26.7. The van der Waals surface area contributed by atoms with Gasteiger partial charge in [0.15, 0.2) is 11.5 Å². The molecular weight excluding hydrogens is 290 g/mol. The van der Waals surface area contributed by atoms with Gasteiger partial charge in [-0.25, -0.2) is 0 Å². The third-order valence-electron chi connectivity index (χ3n) is 3.84. The topological polar surface area (TPSA) is 75.3 Å². The van der Waals surface area contributed by atoms with Gasteiger partial charge in [-0.2, -0.15) is 4.52 Å². The predicted molar refractivity (Wildman–Crippen MR) is 92.7 cm³/mol. The number of nitrogens with zero attached hydrogens (tertiary/aromatic N) is 4. The van der Waals surface area contributed by atoms with Gasteiger partial charge in [-0.1, -0.05) is 34.6 Å². The second kappa shape index (κ2) is 6.43.